The molecule has 0 spiro atoms. The Balaban J connectivity index is 1.99. The van der Waals surface area contributed by atoms with Gasteiger partial charge in [0.1, 0.15) is 0 Å². The van der Waals surface area contributed by atoms with Gasteiger partial charge in [-0.05, 0) is 43.1 Å². The highest BCUT2D eigenvalue weighted by atomic mass is 19.4. The fourth-order valence-electron chi connectivity index (χ4n) is 3.26. The summed E-state index contributed by atoms with van der Waals surface area (Å²) in [5.74, 6) is -0.536. The van der Waals surface area contributed by atoms with Crippen molar-refractivity contribution in [2.24, 2.45) is 5.92 Å². The van der Waals surface area contributed by atoms with Crippen molar-refractivity contribution < 1.29 is 18.0 Å². The lowest BCUT2D eigenvalue weighted by atomic mass is 9.77. The molecule has 4 heteroatoms. The maximum absolute atomic E-state index is 12.4. The molecule has 0 heterocycles. The van der Waals surface area contributed by atoms with Gasteiger partial charge < -0.3 is 0 Å². The zero-order chi connectivity index (χ0) is 15.5. The zero-order valence-electron chi connectivity index (χ0n) is 12.2. The number of carbonyl (C=O) groups is 1. The normalized spacial score (nSPS) is 23.0. The molecule has 1 fully saturated rings. The van der Waals surface area contributed by atoms with Gasteiger partial charge in [0.05, 0.1) is 0 Å². The van der Waals surface area contributed by atoms with Crippen molar-refractivity contribution in [3.63, 3.8) is 0 Å². The van der Waals surface area contributed by atoms with Crippen LogP contribution in [0.3, 0.4) is 0 Å². The second kappa shape index (κ2) is 6.63. The Morgan fingerprint density at radius 2 is 1.67 bits per heavy atom. The molecule has 1 aliphatic rings. The van der Waals surface area contributed by atoms with Crippen LogP contribution in [0.1, 0.15) is 67.3 Å². The summed E-state index contributed by atoms with van der Waals surface area (Å²) in [6, 6.07) is 5.99. The lowest BCUT2D eigenvalue weighted by Crippen LogP contribution is -2.22. The molecule has 0 aromatic heterocycles. The van der Waals surface area contributed by atoms with Crippen molar-refractivity contribution in [3.05, 3.63) is 35.4 Å². The Morgan fingerprint density at radius 1 is 1.10 bits per heavy atom. The summed E-state index contributed by atoms with van der Waals surface area (Å²) < 4.78 is 37.1. The molecule has 0 radical (unpaired) electrons. The van der Waals surface area contributed by atoms with Gasteiger partial charge in [-0.3, -0.25) is 4.79 Å². The monoisotopic (exact) mass is 298 g/mol. The summed E-state index contributed by atoms with van der Waals surface area (Å²) in [7, 11) is 0. The van der Waals surface area contributed by atoms with Crippen LogP contribution in [-0.2, 0) is 0 Å². The average molecular weight is 298 g/mol. The zero-order valence-corrected chi connectivity index (χ0v) is 12.2. The van der Waals surface area contributed by atoms with Gasteiger partial charge in [-0.2, -0.15) is 13.2 Å². The molecule has 0 aliphatic heterocycles. The van der Waals surface area contributed by atoms with Crippen molar-refractivity contribution in [2.75, 3.05) is 0 Å². The SMILES string of the molecule is CCC[C@H]1CC[C@H](c2ccc(C(=O)C(F)(F)F)cc2)CC1. The first-order valence-corrected chi connectivity index (χ1v) is 7.63. The van der Waals surface area contributed by atoms with Gasteiger partial charge in [-0.1, -0.05) is 44.0 Å². The van der Waals surface area contributed by atoms with E-state index >= 15 is 0 Å². The number of hydrogen-bond donors (Lipinski definition) is 0. The topological polar surface area (TPSA) is 17.1 Å². The highest BCUT2D eigenvalue weighted by Crippen LogP contribution is 2.37. The highest BCUT2D eigenvalue weighted by Gasteiger charge is 2.39. The smallest absolute Gasteiger partial charge is 0.284 e. The van der Waals surface area contributed by atoms with Crippen molar-refractivity contribution in [3.8, 4) is 0 Å². The van der Waals surface area contributed by atoms with E-state index in [4.69, 9.17) is 0 Å². The molecule has 0 N–H and O–H groups in total. The first-order chi connectivity index (χ1) is 9.91. The Kier molecular flexibility index (Phi) is 5.07. The third kappa shape index (κ3) is 4.08. The number of ketones is 1. The largest absolute Gasteiger partial charge is 0.454 e. The third-order valence-electron chi connectivity index (χ3n) is 4.45. The molecule has 1 nitrogen and oxygen atoms in total. The molecule has 0 atom stereocenters. The number of hydrogen-bond acceptors (Lipinski definition) is 1. The molecular weight excluding hydrogens is 277 g/mol. The number of benzene rings is 1. The van der Waals surface area contributed by atoms with Gasteiger partial charge in [-0.25, -0.2) is 0 Å². The molecule has 1 aliphatic carbocycles. The number of alkyl halides is 3. The van der Waals surface area contributed by atoms with E-state index < -0.39 is 12.0 Å². The van der Waals surface area contributed by atoms with E-state index in [0.717, 1.165) is 24.3 Å². The summed E-state index contributed by atoms with van der Waals surface area (Å²) in [6.07, 6.45) is 2.27. The number of halogens is 3. The minimum atomic E-state index is -4.79. The average Bonchev–Trinajstić information content (AvgIpc) is 2.47. The number of carbonyl (C=O) groups excluding carboxylic acids is 1. The molecule has 2 rings (SSSR count). The van der Waals surface area contributed by atoms with Crippen LogP contribution in [0.15, 0.2) is 24.3 Å². The fraction of sp³-hybridized carbons (Fsp3) is 0.588. The van der Waals surface area contributed by atoms with Crippen molar-refractivity contribution >= 4 is 5.78 Å². The van der Waals surface area contributed by atoms with Crippen LogP contribution in [0.5, 0.6) is 0 Å². The molecule has 0 amide bonds. The molecule has 0 saturated heterocycles. The van der Waals surface area contributed by atoms with Gasteiger partial charge in [0, 0.05) is 5.56 Å². The Hall–Kier alpha value is -1.32. The van der Waals surface area contributed by atoms with Crippen molar-refractivity contribution in [1.82, 2.24) is 0 Å². The summed E-state index contributed by atoms with van der Waals surface area (Å²) in [5.41, 5.74) is 0.787. The minimum absolute atomic E-state index is 0.272. The molecule has 1 aromatic rings. The highest BCUT2D eigenvalue weighted by molar-refractivity contribution is 6.00. The molecule has 0 unspecified atom stereocenters. The van der Waals surface area contributed by atoms with Crippen LogP contribution >= 0.6 is 0 Å². The van der Waals surface area contributed by atoms with Gasteiger partial charge in [0.15, 0.2) is 0 Å². The minimum Gasteiger partial charge on any atom is -0.284 e. The molecule has 1 aromatic carbocycles. The summed E-state index contributed by atoms with van der Waals surface area (Å²) in [4.78, 5) is 11.1. The predicted octanol–water partition coefficient (Wildman–Crippen LogP) is 5.51. The Bertz CT molecular complexity index is 468. The van der Waals surface area contributed by atoms with Gasteiger partial charge >= 0.3 is 6.18 Å². The Labute approximate surface area is 123 Å². The first-order valence-electron chi connectivity index (χ1n) is 7.63. The van der Waals surface area contributed by atoms with E-state index in [-0.39, 0.29) is 5.56 Å². The van der Waals surface area contributed by atoms with Gasteiger partial charge in [0.25, 0.3) is 5.78 Å². The van der Waals surface area contributed by atoms with E-state index in [1.54, 1.807) is 12.1 Å². The second-order valence-corrected chi connectivity index (χ2v) is 5.96. The van der Waals surface area contributed by atoms with Crippen LogP contribution in [0, 0.1) is 5.92 Å². The van der Waals surface area contributed by atoms with E-state index in [1.165, 1.54) is 37.8 Å². The first kappa shape index (κ1) is 16.1. The number of rotatable bonds is 4. The van der Waals surface area contributed by atoms with Crippen LogP contribution < -0.4 is 0 Å². The van der Waals surface area contributed by atoms with Crippen LogP contribution in [-0.4, -0.2) is 12.0 Å². The van der Waals surface area contributed by atoms with E-state index in [9.17, 15) is 18.0 Å². The maximum Gasteiger partial charge on any atom is 0.454 e. The molecular formula is C17H21F3O. The summed E-state index contributed by atoms with van der Waals surface area (Å²) in [5, 5.41) is 0. The predicted molar refractivity (Wildman–Crippen MR) is 76.4 cm³/mol. The van der Waals surface area contributed by atoms with E-state index in [1.807, 2.05) is 0 Å². The maximum atomic E-state index is 12.4. The quantitative estimate of drug-likeness (QED) is 0.670. The van der Waals surface area contributed by atoms with Crippen LogP contribution in [0.4, 0.5) is 13.2 Å². The molecule has 116 valence electrons. The van der Waals surface area contributed by atoms with Crippen molar-refractivity contribution in [2.45, 2.75) is 57.5 Å². The lowest BCUT2D eigenvalue weighted by Gasteiger charge is -2.28. The summed E-state index contributed by atoms with van der Waals surface area (Å²) >= 11 is 0. The van der Waals surface area contributed by atoms with Crippen LogP contribution in [0.2, 0.25) is 0 Å². The third-order valence-corrected chi connectivity index (χ3v) is 4.45. The number of Topliss-reactive ketones (excluding diaryl/α,β-unsaturated/α-hetero) is 1. The van der Waals surface area contributed by atoms with Gasteiger partial charge in [-0.15, -0.1) is 0 Å². The van der Waals surface area contributed by atoms with Crippen molar-refractivity contribution in [1.29, 1.82) is 0 Å². The lowest BCUT2D eigenvalue weighted by molar-refractivity contribution is -0.0885. The molecule has 21 heavy (non-hydrogen) atoms. The van der Waals surface area contributed by atoms with Gasteiger partial charge in [0.2, 0.25) is 0 Å². The molecule has 1 saturated carbocycles. The Morgan fingerprint density at radius 3 is 2.14 bits per heavy atom. The summed E-state index contributed by atoms with van der Waals surface area (Å²) in [6.45, 7) is 2.20. The fourth-order valence-corrected chi connectivity index (χ4v) is 3.26. The van der Waals surface area contributed by atoms with Crippen LogP contribution in [0.25, 0.3) is 0 Å². The van der Waals surface area contributed by atoms with E-state index in [2.05, 4.69) is 6.92 Å². The molecule has 0 bridgehead atoms. The van der Waals surface area contributed by atoms with E-state index in [0.29, 0.717) is 5.92 Å². The standard InChI is InChI=1S/C17H21F3O/c1-2-3-12-4-6-13(7-5-12)14-8-10-15(11-9-14)16(21)17(18,19)20/h8-13H,2-7H2,1H3/t12-,13-. The second-order valence-electron chi connectivity index (χ2n) is 5.96.